The summed E-state index contributed by atoms with van der Waals surface area (Å²) in [6.45, 7) is 6.07. The minimum absolute atomic E-state index is 0.0668. The summed E-state index contributed by atoms with van der Waals surface area (Å²) in [5.74, 6) is 0.580. The number of urea groups is 1. The van der Waals surface area contributed by atoms with Crippen LogP contribution in [0, 0.1) is 0 Å². The highest BCUT2D eigenvalue weighted by molar-refractivity contribution is 6.35. The number of methoxy groups -OCH3 is 1. The number of anilines is 2. The zero-order valence-corrected chi connectivity index (χ0v) is 29.6. The zero-order chi connectivity index (χ0) is 35.8. The van der Waals surface area contributed by atoms with Crippen LogP contribution in [0.5, 0.6) is 0 Å². The molecule has 0 bridgehead atoms. The topological polar surface area (TPSA) is 93.3 Å². The summed E-state index contributed by atoms with van der Waals surface area (Å²) < 4.78 is 46.0. The van der Waals surface area contributed by atoms with Gasteiger partial charge in [-0.3, -0.25) is 4.79 Å². The maximum absolute atomic E-state index is 14.1. The van der Waals surface area contributed by atoms with Crippen molar-refractivity contribution in [1.82, 2.24) is 25.4 Å². The molecule has 1 unspecified atom stereocenters. The lowest BCUT2D eigenvalue weighted by molar-refractivity contribution is -0.137. The molecule has 50 heavy (non-hydrogen) atoms. The van der Waals surface area contributed by atoms with E-state index in [1.54, 1.807) is 41.3 Å². The maximum atomic E-state index is 14.1. The number of hydrogen-bond acceptors (Lipinski definition) is 7. The van der Waals surface area contributed by atoms with E-state index in [-0.39, 0.29) is 30.9 Å². The van der Waals surface area contributed by atoms with E-state index >= 15 is 0 Å². The van der Waals surface area contributed by atoms with Crippen LogP contribution in [-0.4, -0.2) is 105 Å². The molecule has 3 aromatic rings. The number of rotatable bonds is 11. The average Bonchev–Trinajstić information content (AvgIpc) is 3.11. The van der Waals surface area contributed by atoms with E-state index in [1.165, 1.54) is 12.1 Å². The number of benzene rings is 2. The van der Waals surface area contributed by atoms with E-state index in [1.807, 2.05) is 30.0 Å². The molecule has 10 nitrogen and oxygen atoms in total. The number of carbonyl (C=O) groups excluding carboxylic acids is 2. The van der Waals surface area contributed by atoms with Crippen molar-refractivity contribution in [1.29, 1.82) is 0 Å². The van der Waals surface area contributed by atoms with Crippen molar-refractivity contribution in [3.8, 4) is 0 Å². The van der Waals surface area contributed by atoms with Gasteiger partial charge in [-0.25, -0.2) is 9.78 Å². The SMILES string of the molecule is COCC(C)NCc1cc(C(F)(F)F)ccc1N1CCN(C(=O)[C@@H](Cc2ccc(Cl)cc2Cl)NC(=O)N2CCN(c3ccccn3)CC2)CC1. The van der Waals surface area contributed by atoms with Crippen molar-refractivity contribution in [2.75, 3.05) is 75.9 Å². The quantitative estimate of drug-likeness (QED) is 0.276. The van der Waals surface area contributed by atoms with Crippen molar-refractivity contribution in [3.63, 3.8) is 0 Å². The van der Waals surface area contributed by atoms with Gasteiger partial charge in [-0.2, -0.15) is 13.2 Å². The molecule has 2 aromatic carbocycles. The third-order valence-electron chi connectivity index (χ3n) is 8.97. The number of ether oxygens (including phenoxy) is 1. The molecule has 5 rings (SSSR count). The smallest absolute Gasteiger partial charge is 0.383 e. The van der Waals surface area contributed by atoms with Gasteiger partial charge in [0.25, 0.3) is 0 Å². The first-order chi connectivity index (χ1) is 23.9. The summed E-state index contributed by atoms with van der Waals surface area (Å²) in [5.41, 5.74) is 1.12. The van der Waals surface area contributed by atoms with E-state index in [9.17, 15) is 22.8 Å². The second-order valence-corrected chi connectivity index (χ2v) is 13.3. The minimum Gasteiger partial charge on any atom is -0.383 e. The predicted octanol–water partition coefficient (Wildman–Crippen LogP) is 5.32. The van der Waals surface area contributed by atoms with Crippen molar-refractivity contribution < 1.29 is 27.5 Å². The van der Waals surface area contributed by atoms with E-state index in [2.05, 4.69) is 20.5 Å². The zero-order valence-electron chi connectivity index (χ0n) is 28.1. The second kappa shape index (κ2) is 17.0. The molecule has 3 amide bonds. The lowest BCUT2D eigenvalue weighted by Gasteiger charge is -2.39. The Morgan fingerprint density at radius 2 is 1.60 bits per heavy atom. The van der Waals surface area contributed by atoms with Crippen LogP contribution >= 0.6 is 23.2 Å². The highest BCUT2D eigenvalue weighted by Crippen LogP contribution is 2.33. The highest BCUT2D eigenvalue weighted by Gasteiger charge is 2.34. The fraction of sp³-hybridized carbons (Fsp3) is 0.457. The van der Waals surface area contributed by atoms with Crippen LogP contribution in [-0.2, 0) is 28.7 Å². The molecule has 2 aliphatic rings. The van der Waals surface area contributed by atoms with E-state index in [0.29, 0.717) is 85.8 Å². The van der Waals surface area contributed by atoms with E-state index < -0.39 is 17.8 Å². The van der Waals surface area contributed by atoms with Gasteiger partial charge in [-0.1, -0.05) is 35.3 Å². The normalized spacial score (nSPS) is 16.7. The van der Waals surface area contributed by atoms with Crippen LogP contribution in [0.25, 0.3) is 0 Å². The average molecular weight is 737 g/mol. The number of hydrogen-bond donors (Lipinski definition) is 2. The first-order valence-corrected chi connectivity index (χ1v) is 17.3. The van der Waals surface area contributed by atoms with Gasteiger partial charge in [0.05, 0.1) is 12.2 Å². The number of amides is 3. The fourth-order valence-electron chi connectivity index (χ4n) is 6.22. The third kappa shape index (κ3) is 9.71. The molecule has 2 fully saturated rings. The van der Waals surface area contributed by atoms with Crippen molar-refractivity contribution in [2.24, 2.45) is 0 Å². The Hall–Kier alpha value is -3.78. The Labute approximate surface area is 300 Å². The Balaban J connectivity index is 1.27. The fourth-order valence-corrected chi connectivity index (χ4v) is 6.71. The molecule has 0 spiro atoms. The van der Waals surface area contributed by atoms with Crippen LogP contribution in [0.1, 0.15) is 23.6 Å². The maximum Gasteiger partial charge on any atom is 0.416 e. The van der Waals surface area contributed by atoms with Crippen LogP contribution in [0.15, 0.2) is 60.8 Å². The molecule has 2 N–H and O–H groups in total. The largest absolute Gasteiger partial charge is 0.416 e. The number of pyridine rings is 1. The van der Waals surface area contributed by atoms with Gasteiger partial charge in [0.1, 0.15) is 11.9 Å². The molecule has 0 aliphatic carbocycles. The third-order valence-corrected chi connectivity index (χ3v) is 9.56. The summed E-state index contributed by atoms with van der Waals surface area (Å²) in [4.78, 5) is 39.5. The molecule has 2 aliphatic heterocycles. The standard InChI is InChI=1S/C35H42Cl2F3N7O3/c1-24(23-50-2)42-22-26-19-27(35(38,39)40)7-9-31(26)44-11-15-46(16-12-44)33(48)30(20-25-6-8-28(36)21-29(25)37)43-34(49)47-17-13-45(14-18-47)32-5-3-4-10-41-32/h3-10,19,21,24,30,42H,11-18,20,22-23H2,1-2H3,(H,43,49)/t24?,30-/m1/s1. The summed E-state index contributed by atoms with van der Waals surface area (Å²) in [5, 5.41) is 7.05. The van der Waals surface area contributed by atoms with Crippen LogP contribution in [0.4, 0.5) is 29.5 Å². The molecule has 1 aromatic heterocycles. The molecule has 0 radical (unpaired) electrons. The first-order valence-electron chi connectivity index (χ1n) is 16.5. The van der Waals surface area contributed by atoms with Gasteiger partial charge in [0.15, 0.2) is 0 Å². The molecular formula is C35H42Cl2F3N7O3. The Morgan fingerprint density at radius 1 is 0.900 bits per heavy atom. The summed E-state index contributed by atoms with van der Waals surface area (Å²) in [6, 6.07) is 13.2. The number of carbonyl (C=O) groups is 2. The molecule has 15 heteroatoms. The van der Waals surface area contributed by atoms with Crippen LogP contribution < -0.4 is 20.4 Å². The van der Waals surface area contributed by atoms with Crippen molar-refractivity contribution >= 4 is 46.6 Å². The summed E-state index contributed by atoms with van der Waals surface area (Å²) >= 11 is 12.6. The van der Waals surface area contributed by atoms with Crippen molar-refractivity contribution in [3.05, 3.63) is 87.5 Å². The van der Waals surface area contributed by atoms with Gasteiger partial charge in [-0.05, 0) is 60.5 Å². The van der Waals surface area contributed by atoms with Gasteiger partial charge < -0.3 is 35.0 Å². The highest BCUT2D eigenvalue weighted by atomic mass is 35.5. The molecule has 3 heterocycles. The van der Waals surface area contributed by atoms with Gasteiger partial charge in [-0.15, -0.1) is 0 Å². The number of aromatic nitrogens is 1. The number of halogens is 5. The predicted molar refractivity (Wildman–Crippen MR) is 189 cm³/mol. The van der Waals surface area contributed by atoms with Crippen LogP contribution in [0.3, 0.4) is 0 Å². The number of piperazine rings is 2. The Kier molecular flexibility index (Phi) is 12.7. The van der Waals surface area contributed by atoms with Gasteiger partial charge >= 0.3 is 12.2 Å². The first kappa shape index (κ1) is 37.5. The Morgan fingerprint density at radius 3 is 2.24 bits per heavy atom. The monoisotopic (exact) mass is 735 g/mol. The van der Waals surface area contributed by atoms with Crippen LogP contribution in [0.2, 0.25) is 10.0 Å². The number of alkyl halides is 3. The molecule has 2 saturated heterocycles. The van der Waals surface area contributed by atoms with Crippen molar-refractivity contribution in [2.45, 2.75) is 38.1 Å². The molecule has 0 saturated carbocycles. The lowest BCUT2D eigenvalue weighted by Crippen LogP contribution is -2.59. The minimum atomic E-state index is -4.48. The second-order valence-electron chi connectivity index (χ2n) is 12.5. The van der Waals surface area contributed by atoms with Gasteiger partial charge in [0.2, 0.25) is 5.91 Å². The van der Waals surface area contributed by atoms with E-state index in [0.717, 1.165) is 11.9 Å². The molecule has 2 atom stereocenters. The number of nitrogens with zero attached hydrogens (tertiary/aromatic N) is 5. The molecule has 270 valence electrons. The Bertz CT molecular complexity index is 1600. The summed E-state index contributed by atoms with van der Waals surface area (Å²) in [7, 11) is 1.57. The lowest BCUT2D eigenvalue weighted by atomic mass is 10.0. The molecular weight excluding hydrogens is 694 g/mol. The number of nitrogens with one attached hydrogen (secondary N) is 2. The van der Waals surface area contributed by atoms with Gasteiger partial charge in [0, 0.05) is 100 Å². The summed E-state index contributed by atoms with van der Waals surface area (Å²) in [6.07, 6.45) is -2.59. The van der Waals surface area contributed by atoms with E-state index in [4.69, 9.17) is 27.9 Å².